The summed E-state index contributed by atoms with van der Waals surface area (Å²) in [6.45, 7) is 8.47. The van der Waals surface area contributed by atoms with E-state index in [1.807, 2.05) is 47.4 Å². The van der Waals surface area contributed by atoms with Gasteiger partial charge in [-0.1, -0.05) is 50.2 Å². The first-order valence-electron chi connectivity index (χ1n) is 16.1. The lowest BCUT2D eigenvalue weighted by molar-refractivity contribution is -0.224. The number of likely N-dealkylation sites (tertiary alicyclic amines) is 1. The highest BCUT2D eigenvalue weighted by atomic mass is 16.6. The zero-order valence-electron chi connectivity index (χ0n) is 25.9. The molecule has 1 saturated heterocycles. The summed E-state index contributed by atoms with van der Waals surface area (Å²) in [5.41, 5.74) is 2.14. The van der Waals surface area contributed by atoms with Crippen molar-refractivity contribution in [2.75, 3.05) is 26.7 Å². The van der Waals surface area contributed by atoms with Crippen LogP contribution in [0.25, 0.3) is 6.08 Å². The first kappa shape index (κ1) is 28.5. The first-order chi connectivity index (χ1) is 20.8. The lowest BCUT2D eigenvalue weighted by Crippen LogP contribution is -2.79. The second-order valence-electron chi connectivity index (χ2n) is 13.8. The molecule has 2 heterocycles. The molecular weight excluding hydrogens is 540 g/mol. The van der Waals surface area contributed by atoms with Crippen LogP contribution in [-0.2, 0) is 26.2 Å². The van der Waals surface area contributed by atoms with E-state index < -0.39 is 11.0 Å². The molecule has 3 fully saturated rings. The molecule has 0 N–H and O–H groups in total. The molecule has 43 heavy (non-hydrogen) atoms. The zero-order valence-corrected chi connectivity index (χ0v) is 25.9. The van der Waals surface area contributed by atoms with Crippen molar-refractivity contribution in [2.24, 2.45) is 11.8 Å². The number of hydrogen-bond acceptors (Lipinski definition) is 6. The molecule has 2 aromatic rings. The van der Waals surface area contributed by atoms with E-state index in [0.29, 0.717) is 25.1 Å². The van der Waals surface area contributed by atoms with Crippen molar-refractivity contribution in [1.82, 2.24) is 9.80 Å². The summed E-state index contributed by atoms with van der Waals surface area (Å²) < 4.78 is 19.6. The lowest BCUT2D eigenvalue weighted by atomic mass is 9.48. The van der Waals surface area contributed by atoms with Crippen molar-refractivity contribution in [1.29, 1.82) is 0 Å². The van der Waals surface area contributed by atoms with Gasteiger partial charge >= 0.3 is 5.97 Å². The molecule has 228 valence electrons. The van der Waals surface area contributed by atoms with Gasteiger partial charge < -0.3 is 19.1 Å². The highest BCUT2D eigenvalue weighted by Gasteiger charge is 2.75. The van der Waals surface area contributed by atoms with Crippen LogP contribution >= 0.6 is 0 Å². The normalized spacial score (nSPS) is 30.6. The first-order valence-corrected chi connectivity index (χ1v) is 16.1. The van der Waals surface area contributed by atoms with Gasteiger partial charge in [0.25, 0.3) is 0 Å². The molecule has 2 aromatic carbocycles. The summed E-state index contributed by atoms with van der Waals surface area (Å²) in [5.74, 6) is 2.25. The summed E-state index contributed by atoms with van der Waals surface area (Å²) in [5, 5.41) is 0. The number of nitrogens with zero attached hydrogens (tertiary/aromatic N) is 2. The van der Waals surface area contributed by atoms with Crippen molar-refractivity contribution in [3.63, 3.8) is 0 Å². The molecule has 3 aliphatic carbocycles. The largest absolute Gasteiger partial charge is 0.493 e. The Morgan fingerprint density at radius 1 is 1.12 bits per heavy atom. The van der Waals surface area contributed by atoms with Crippen LogP contribution in [-0.4, -0.2) is 72.2 Å². The summed E-state index contributed by atoms with van der Waals surface area (Å²) >= 11 is 0. The summed E-state index contributed by atoms with van der Waals surface area (Å²) in [6, 6.07) is 14.1. The lowest BCUT2D eigenvalue weighted by Gasteiger charge is -2.65. The van der Waals surface area contributed by atoms with Crippen LogP contribution < -0.4 is 9.47 Å². The number of esters is 1. The van der Waals surface area contributed by atoms with E-state index in [4.69, 9.17) is 14.2 Å². The van der Waals surface area contributed by atoms with Gasteiger partial charge in [0.15, 0.2) is 11.5 Å². The minimum Gasteiger partial charge on any atom is -0.493 e. The summed E-state index contributed by atoms with van der Waals surface area (Å²) in [7, 11) is 1.69. The smallest absolute Gasteiger partial charge is 0.303 e. The van der Waals surface area contributed by atoms with Crippen LogP contribution in [0.15, 0.2) is 48.5 Å². The van der Waals surface area contributed by atoms with Crippen LogP contribution in [0.5, 0.6) is 11.5 Å². The molecule has 7 rings (SSSR count). The molecule has 7 heteroatoms. The maximum Gasteiger partial charge on any atom is 0.303 e. The van der Waals surface area contributed by atoms with Gasteiger partial charge in [0.05, 0.1) is 24.6 Å². The number of methoxy groups -OCH3 is 1. The minimum atomic E-state index is -0.718. The number of piperidine rings is 1. The highest BCUT2D eigenvalue weighted by molar-refractivity contribution is 5.92. The van der Waals surface area contributed by atoms with Crippen molar-refractivity contribution in [2.45, 2.75) is 88.5 Å². The molecule has 5 aliphatic rings. The Kier molecular flexibility index (Phi) is 7.07. The molecule has 0 aromatic heterocycles. The van der Waals surface area contributed by atoms with Crippen LogP contribution in [0.3, 0.4) is 0 Å². The molecule has 1 spiro atoms. The molecule has 7 nitrogen and oxygen atoms in total. The van der Waals surface area contributed by atoms with Gasteiger partial charge in [-0.3, -0.25) is 14.5 Å². The van der Waals surface area contributed by atoms with E-state index >= 15 is 0 Å². The topological polar surface area (TPSA) is 68.3 Å². The van der Waals surface area contributed by atoms with Gasteiger partial charge in [0, 0.05) is 31.7 Å². The van der Waals surface area contributed by atoms with E-state index in [1.165, 1.54) is 18.4 Å². The van der Waals surface area contributed by atoms with Crippen molar-refractivity contribution in [3.05, 3.63) is 65.2 Å². The van der Waals surface area contributed by atoms with Gasteiger partial charge in [-0.05, 0) is 80.2 Å². The fraction of sp³-hybridized carbons (Fsp3) is 0.556. The number of hydrogen-bond donors (Lipinski definition) is 0. The van der Waals surface area contributed by atoms with E-state index in [2.05, 4.69) is 24.8 Å². The number of ether oxygens (including phenoxy) is 3. The average Bonchev–Trinajstić information content (AvgIpc) is 3.73. The molecule has 0 radical (unpaired) electrons. The second kappa shape index (κ2) is 10.7. The fourth-order valence-electron chi connectivity index (χ4n) is 8.97. The quantitative estimate of drug-likeness (QED) is 0.291. The number of carbonyl (C=O) groups is 2. The predicted molar refractivity (Wildman–Crippen MR) is 165 cm³/mol. The Morgan fingerprint density at radius 3 is 2.60 bits per heavy atom. The Balaban J connectivity index is 1.35. The molecule has 2 aliphatic heterocycles. The molecular formula is C36H44N2O5. The second-order valence-corrected chi connectivity index (χ2v) is 13.8. The van der Waals surface area contributed by atoms with E-state index in [-0.39, 0.29) is 36.0 Å². The maximum atomic E-state index is 14.1. The molecule has 2 bridgehead atoms. The van der Waals surface area contributed by atoms with Crippen LogP contribution in [0, 0.1) is 11.8 Å². The maximum absolute atomic E-state index is 14.1. The number of carbonyl (C=O) groups excluding carboxylic acids is 2. The molecule has 0 unspecified atom stereocenters. The molecule has 1 amide bonds. The van der Waals surface area contributed by atoms with Gasteiger partial charge in [-0.15, -0.1) is 0 Å². The summed E-state index contributed by atoms with van der Waals surface area (Å²) in [6.07, 6.45) is 8.87. The fourth-order valence-corrected chi connectivity index (χ4v) is 8.97. The third-order valence-corrected chi connectivity index (χ3v) is 10.7. The molecule has 2 saturated carbocycles. The van der Waals surface area contributed by atoms with E-state index in [1.54, 1.807) is 20.1 Å². The van der Waals surface area contributed by atoms with Crippen molar-refractivity contribution < 1.29 is 23.8 Å². The average molecular weight is 585 g/mol. The Morgan fingerprint density at radius 2 is 1.91 bits per heavy atom. The Bertz CT molecular complexity index is 1430. The highest BCUT2D eigenvalue weighted by Crippen LogP contribution is 2.67. The monoisotopic (exact) mass is 584 g/mol. The van der Waals surface area contributed by atoms with Gasteiger partial charge in [0.2, 0.25) is 5.91 Å². The predicted octanol–water partition coefficient (Wildman–Crippen LogP) is 5.40. The number of benzene rings is 2. The minimum absolute atomic E-state index is 0.00999. The zero-order chi connectivity index (χ0) is 29.9. The van der Waals surface area contributed by atoms with Crippen molar-refractivity contribution >= 4 is 18.0 Å². The third kappa shape index (κ3) is 4.49. The van der Waals surface area contributed by atoms with Gasteiger partial charge in [-0.2, -0.15) is 0 Å². The number of amides is 1. The third-order valence-electron chi connectivity index (χ3n) is 10.7. The Hall–Kier alpha value is -3.32. The van der Waals surface area contributed by atoms with Crippen LogP contribution in [0.1, 0.15) is 69.6 Å². The SMILES string of the molecule is COc1ccc2c3c1O[C@H]1[C@H](N(CC(C)C)C(=O)C=Cc4ccccc4)CC[C@@]4(OC(C)=O)[C@@H](C2)N(CC2CC2)CC[C@]314. The van der Waals surface area contributed by atoms with Crippen LogP contribution in [0.2, 0.25) is 0 Å². The van der Waals surface area contributed by atoms with Gasteiger partial charge in [0.1, 0.15) is 11.7 Å². The summed E-state index contributed by atoms with van der Waals surface area (Å²) in [4.78, 5) is 31.7. The van der Waals surface area contributed by atoms with E-state index in [9.17, 15) is 9.59 Å². The Labute approximate surface area is 255 Å². The molecule has 5 atom stereocenters. The van der Waals surface area contributed by atoms with Crippen molar-refractivity contribution in [3.8, 4) is 11.5 Å². The standard InChI is InChI=1S/C36H44N2O5/c1-23(2)21-38(31(40)15-12-25-8-6-5-7-9-25)28-16-17-36(43-24(3)39)30-20-27-13-14-29(41-4)33-32(27)35(36,34(28)42-33)18-19-37(30)22-26-10-11-26/h5-9,12-15,23,26,28,30,34H,10-11,16-22H2,1-4H3/t28-,30-,34+,35+,36-/m1/s1. The van der Waals surface area contributed by atoms with Crippen LogP contribution in [0.4, 0.5) is 0 Å². The van der Waals surface area contributed by atoms with Gasteiger partial charge in [-0.25, -0.2) is 0 Å². The van der Waals surface area contributed by atoms with E-state index in [0.717, 1.165) is 48.7 Å². The number of rotatable bonds is 9.